The standard InChI is InChI=1S/C7H8.C5H12O2/c1-7-5-3-2-4-6-7;1-4-7-5(2)6-3/h2-6H,1H3;5H,4H2,1-3H3. The van der Waals surface area contributed by atoms with Crippen molar-refractivity contribution >= 4 is 0 Å². The maximum absolute atomic E-state index is 4.97. The minimum atomic E-state index is -0.0509. The van der Waals surface area contributed by atoms with E-state index in [0.29, 0.717) is 0 Å². The molecular weight excluding hydrogens is 176 g/mol. The molecule has 0 radical (unpaired) electrons. The third-order valence-corrected chi connectivity index (χ3v) is 1.67. The second kappa shape index (κ2) is 8.73. The van der Waals surface area contributed by atoms with Gasteiger partial charge in [-0.2, -0.15) is 0 Å². The van der Waals surface area contributed by atoms with Crippen molar-refractivity contribution in [1.82, 2.24) is 0 Å². The van der Waals surface area contributed by atoms with Crippen LogP contribution in [0.4, 0.5) is 0 Å². The molecule has 0 spiro atoms. The Hall–Kier alpha value is -0.860. The summed E-state index contributed by atoms with van der Waals surface area (Å²) in [7, 11) is 1.63. The zero-order valence-electron chi connectivity index (χ0n) is 9.49. The summed E-state index contributed by atoms with van der Waals surface area (Å²) in [6.45, 7) is 6.61. The normalized spacial score (nSPS) is 11.4. The molecule has 2 heteroatoms. The fraction of sp³-hybridized carbons (Fsp3) is 0.500. The van der Waals surface area contributed by atoms with E-state index in [9.17, 15) is 0 Å². The Bertz CT molecular complexity index is 209. The van der Waals surface area contributed by atoms with E-state index in [0.717, 1.165) is 6.61 Å². The molecule has 80 valence electrons. The number of rotatable bonds is 3. The molecule has 0 aliphatic carbocycles. The molecule has 14 heavy (non-hydrogen) atoms. The molecule has 1 aromatic carbocycles. The van der Waals surface area contributed by atoms with Crippen LogP contribution < -0.4 is 0 Å². The van der Waals surface area contributed by atoms with Gasteiger partial charge in [0, 0.05) is 13.7 Å². The van der Waals surface area contributed by atoms with E-state index in [1.165, 1.54) is 5.56 Å². The summed E-state index contributed by atoms with van der Waals surface area (Å²) in [5.74, 6) is 0. The van der Waals surface area contributed by atoms with Crippen molar-refractivity contribution in [3.63, 3.8) is 0 Å². The van der Waals surface area contributed by atoms with Crippen LogP contribution in [-0.2, 0) is 9.47 Å². The molecule has 0 bridgehead atoms. The van der Waals surface area contributed by atoms with E-state index in [1.807, 2.05) is 32.0 Å². The van der Waals surface area contributed by atoms with Gasteiger partial charge >= 0.3 is 0 Å². The molecule has 0 fully saturated rings. The SMILES string of the molecule is CCOC(C)OC.Cc1ccccc1. The fourth-order valence-electron chi connectivity index (χ4n) is 0.837. The number of methoxy groups -OCH3 is 1. The van der Waals surface area contributed by atoms with Gasteiger partial charge in [0.15, 0.2) is 6.29 Å². The Morgan fingerprint density at radius 1 is 1.21 bits per heavy atom. The average Bonchev–Trinajstić information content (AvgIpc) is 2.20. The molecule has 0 saturated carbocycles. The summed E-state index contributed by atoms with van der Waals surface area (Å²) in [5.41, 5.74) is 1.32. The van der Waals surface area contributed by atoms with Gasteiger partial charge in [0.1, 0.15) is 0 Å². The summed E-state index contributed by atoms with van der Waals surface area (Å²) in [6.07, 6.45) is -0.0509. The average molecular weight is 196 g/mol. The van der Waals surface area contributed by atoms with Crippen molar-refractivity contribution < 1.29 is 9.47 Å². The van der Waals surface area contributed by atoms with Crippen molar-refractivity contribution in [1.29, 1.82) is 0 Å². The number of hydrogen-bond acceptors (Lipinski definition) is 2. The maximum Gasteiger partial charge on any atom is 0.154 e. The van der Waals surface area contributed by atoms with E-state index in [2.05, 4.69) is 19.1 Å². The molecule has 2 nitrogen and oxygen atoms in total. The van der Waals surface area contributed by atoms with E-state index >= 15 is 0 Å². The van der Waals surface area contributed by atoms with E-state index in [4.69, 9.17) is 9.47 Å². The fourth-order valence-corrected chi connectivity index (χ4v) is 0.837. The number of aryl methyl sites for hydroxylation is 1. The van der Waals surface area contributed by atoms with Gasteiger partial charge in [-0.05, 0) is 20.8 Å². The van der Waals surface area contributed by atoms with E-state index in [1.54, 1.807) is 7.11 Å². The molecule has 1 unspecified atom stereocenters. The van der Waals surface area contributed by atoms with Crippen LogP contribution >= 0.6 is 0 Å². The van der Waals surface area contributed by atoms with Crippen molar-refractivity contribution in [3.05, 3.63) is 35.9 Å². The van der Waals surface area contributed by atoms with Crippen LogP contribution in [0.25, 0.3) is 0 Å². The summed E-state index contributed by atoms with van der Waals surface area (Å²) in [5, 5.41) is 0. The Morgan fingerprint density at radius 2 is 1.79 bits per heavy atom. The molecule has 0 saturated heterocycles. The first kappa shape index (κ1) is 13.1. The van der Waals surface area contributed by atoms with E-state index < -0.39 is 0 Å². The minimum Gasteiger partial charge on any atom is -0.356 e. The van der Waals surface area contributed by atoms with Crippen LogP contribution in [0.3, 0.4) is 0 Å². The molecule has 0 aromatic heterocycles. The Labute approximate surface area is 86.9 Å². The highest BCUT2D eigenvalue weighted by Crippen LogP contribution is 1.92. The van der Waals surface area contributed by atoms with Crippen LogP contribution in [0.5, 0.6) is 0 Å². The Morgan fingerprint density at radius 3 is 2.00 bits per heavy atom. The van der Waals surface area contributed by atoms with Gasteiger partial charge in [-0.25, -0.2) is 0 Å². The topological polar surface area (TPSA) is 18.5 Å². The highest BCUT2D eigenvalue weighted by molar-refractivity contribution is 5.11. The lowest BCUT2D eigenvalue weighted by molar-refractivity contribution is -0.106. The highest BCUT2D eigenvalue weighted by atomic mass is 16.7. The summed E-state index contributed by atoms with van der Waals surface area (Å²) >= 11 is 0. The van der Waals surface area contributed by atoms with Crippen molar-refractivity contribution in [2.45, 2.75) is 27.1 Å². The minimum absolute atomic E-state index is 0.0509. The first-order valence-electron chi connectivity index (χ1n) is 4.86. The molecule has 0 aliphatic heterocycles. The third kappa shape index (κ3) is 7.77. The number of hydrogen-bond donors (Lipinski definition) is 0. The summed E-state index contributed by atoms with van der Waals surface area (Å²) < 4.78 is 9.74. The van der Waals surface area contributed by atoms with Gasteiger partial charge in [-0.15, -0.1) is 0 Å². The third-order valence-electron chi connectivity index (χ3n) is 1.67. The lowest BCUT2D eigenvalue weighted by Crippen LogP contribution is -2.08. The Balaban J connectivity index is 0.000000241. The molecule has 0 N–H and O–H groups in total. The summed E-state index contributed by atoms with van der Waals surface area (Å²) in [4.78, 5) is 0. The molecule has 0 amide bonds. The zero-order valence-corrected chi connectivity index (χ0v) is 9.49. The predicted molar refractivity (Wildman–Crippen MR) is 59.3 cm³/mol. The smallest absolute Gasteiger partial charge is 0.154 e. The van der Waals surface area contributed by atoms with Gasteiger partial charge < -0.3 is 9.47 Å². The molecule has 0 heterocycles. The monoisotopic (exact) mass is 196 g/mol. The van der Waals surface area contributed by atoms with Crippen molar-refractivity contribution in [2.75, 3.05) is 13.7 Å². The van der Waals surface area contributed by atoms with Gasteiger partial charge in [-0.1, -0.05) is 35.9 Å². The van der Waals surface area contributed by atoms with Gasteiger partial charge in [-0.3, -0.25) is 0 Å². The number of benzene rings is 1. The Kier molecular flexibility index (Phi) is 8.19. The molecular formula is C12H20O2. The molecule has 1 aromatic rings. The van der Waals surface area contributed by atoms with Gasteiger partial charge in [0.2, 0.25) is 0 Å². The lowest BCUT2D eigenvalue weighted by atomic mass is 10.2. The van der Waals surface area contributed by atoms with Crippen molar-refractivity contribution in [3.8, 4) is 0 Å². The molecule has 0 aliphatic rings. The quantitative estimate of drug-likeness (QED) is 0.692. The number of ether oxygens (including phenoxy) is 2. The second-order valence-electron chi connectivity index (χ2n) is 2.91. The van der Waals surface area contributed by atoms with Crippen LogP contribution in [0.2, 0.25) is 0 Å². The van der Waals surface area contributed by atoms with Gasteiger partial charge in [0.25, 0.3) is 0 Å². The maximum atomic E-state index is 4.97. The molecule has 1 rings (SSSR count). The predicted octanol–water partition coefficient (Wildman–Crippen LogP) is 3.01. The van der Waals surface area contributed by atoms with Gasteiger partial charge in [0.05, 0.1) is 0 Å². The first-order chi connectivity index (χ1) is 6.70. The largest absolute Gasteiger partial charge is 0.356 e. The highest BCUT2D eigenvalue weighted by Gasteiger charge is 1.91. The van der Waals surface area contributed by atoms with Crippen LogP contribution in [-0.4, -0.2) is 20.0 Å². The summed E-state index contributed by atoms with van der Waals surface area (Å²) in [6, 6.07) is 10.3. The van der Waals surface area contributed by atoms with Crippen LogP contribution in [0, 0.1) is 6.92 Å². The van der Waals surface area contributed by atoms with Crippen LogP contribution in [0.15, 0.2) is 30.3 Å². The van der Waals surface area contributed by atoms with Crippen molar-refractivity contribution in [2.24, 2.45) is 0 Å². The lowest BCUT2D eigenvalue weighted by Gasteiger charge is -2.06. The second-order valence-corrected chi connectivity index (χ2v) is 2.91. The zero-order chi connectivity index (χ0) is 10.8. The van der Waals surface area contributed by atoms with Crippen LogP contribution in [0.1, 0.15) is 19.4 Å². The molecule has 1 atom stereocenters. The first-order valence-corrected chi connectivity index (χ1v) is 4.86. The van der Waals surface area contributed by atoms with E-state index in [-0.39, 0.29) is 6.29 Å².